The molecule has 3 rings (SSSR count). The molecule has 28 heavy (non-hydrogen) atoms. The first-order valence-electron chi connectivity index (χ1n) is 8.82. The van der Waals surface area contributed by atoms with Gasteiger partial charge in [-0.05, 0) is 49.7 Å². The number of amides is 1. The molecular weight excluding hydrogens is 358 g/mol. The van der Waals surface area contributed by atoms with Crippen LogP contribution in [0.5, 0.6) is 11.5 Å². The smallest absolute Gasteiger partial charge is 0.280 e. The lowest BCUT2D eigenvalue weighted by Gasteiger charge is -2.13. The Morgan fingerprint density at radius 2 is 1.86 bits per heavy atom. The summed E-state index contributed by atoms with van der Waals surface area (Å²) in [6.07, 6.45) is 0. The highest BCUT2D eigenvalue weighted by Gasteiger charge is 2.19. The summed E-state index contributed by atoms with van der Waals surface area (Å²) < 4.78 is 11.8. The summed E-state index contributed by atoms with van der Waals surface area (Å²) in [6, 6.07) is 15.5. The molecule has 0 saturated heterocycles. The number of para-hydroxylation sites is 1. The number of methoxy groups -OCH3 is 1. The zero-order chi connectivity index (χ0) is 20.1. The minimum atomic E-state index is -0.483. The van der Waals surface area contributed by atoms with Crippen LogP contribution in [0.15, 0.2) is 59.4 Å². The van der Waals surface area contributed by atoms with E-state index in [2.05, 4.69) is 10.4 Å². The largest absolute Gasteiger partial charge is 0.494 e. The van der Waals surface area contributed by atoms with Gasteiger partial charge < -0.3 is 14.8 Å². The highest BCUT2D eigenvalue weighted by molar-refractivity contribution is 6.04. The van der Waals surface area contributed by atoms with Crippen molar-refractivity contribution in [3.63, 3.8) is 0 Å². The van der Waals surface area contributed by atoms with E-state index in [1.807, 2.05) is 26.0 Å². The van der Waals surface area contributed by atoms with E-state index in [0.717, 1.165) is 5.56 Å². The second-order valence-electron chi connectivity index (χ2n) is 6.01. The molecule has 1 amide bonds. The van der Waals surface area contributed by atoms with E-state index >= 15 is 0 Å². The second-order valence-corrected chi connectivity index (χ2v) is 6.01. The summed E-state index contributed by atoms with van der Waals surface area (Å²) in [7, 11) is 1.39. The van der Waals surface area contributed by atoms with Crippen LogP contribution in [0.2, 0.25) is 0 Å². The van der Waals surface area contributed by atoms with E-state index in [1.165, 1.54) is 17.9 Å². The zero-order valence-electron chi connectivity index (χ0n) is 15.9. The standard InChI is InChI=1S/C21H21N3O4/c1-4-28-16-11-9-15(10-12-16)22-21(26)20-18(27-3)13-19(25)24(23-20)17-8-6-5-7-14(17)2/h5-13H,4H2,1-3H3,(H,22,26). The van der Waals surface area contributed by atoms with Crippen LogP contribution in [0.25, 0.3) is 5.69 Å². The number of hydrogen-bond donors (Lipinski definition) is 1. The Labute approximate surface area is 162 Å². The lowest BCUT2D eigenvalue weighted by atomic mass is 10.2. The predicted octanol–water partition coefficient (Wildman–Crippen LogP) is 3.20. The van der Waals surface area contributed by atoms with Crippen molar-refractivity contribution in [1.82, 2.24) is 9.78 Å². The maximum atomic E-state index is 12.8. The third kappa shape index (κ3) is 4.03. The fraction of sp³-hybridized carbons (Fsp3) is 0.190. The molecule has 144 valence electrons. The molecule has 0 aliphatic heterocycles. The van der Waals surface area contributed by atoms with Gasteiger partial charge >= 0.3 is 0 Å². The summed E-state index contributed by atoms with van der Waals surface area (Å²) >= 11 is 0. The number of ether oxygens (including phenoxy) is 2. The van der Waals surface area contributed by atoms with Crippen molar-refractivity contribution < 1.29 is 14.3 Å². The van der Waals surface area contributed by atoms with Gasteiger partial charge in [0, 0.05) is 5.69 Å². The van der Waals surface area contributed by atoms with Crippen LogP contribution in [0.1, 0.15) is 23.0 Å². The van der Waals surface area contributed by atoms with Gasteiger partial charge in [0.05, 0.1) is 25.5 Å². The molecule has 7 heteroatoms. The van der Waals surface area contributed by atoms with E-state index in [1.54, 1.807) is 36.4 Å². The van der Waals surface area contributed by atoms with Crippen molar-refractivity contribution in [3.8, 4) is 17.2 Å². The molecule has 0 fully saturated rings. The highest BCUT2D eigenvalue weighted by Crippen LogP contribution is 2.20. The average molecular weight is 379 g/mol. The monoisotopic (exact) mass is 379 g/mol. The van der Waals surface area contributed by atoms with Crippen molar-refractivity contribution in [2.24, 2.45) is 0 Å². The molecular formula is C21H21N3O4. The van der Waals surface area contributed by atoms with Crippen molar-refractivity contribution in [2.45, 2.75) is 13.8 Å². The Bertz CT molecular complexity index is 1040. The fourth-order valence-corrected chi connectivity index (χ4v) is 2.72. The number of nitrogens with zero attached hydrogens (tertiary/aromatic N) is 2. The molecule has 0 atom stereocenters. The number of benzene rings is 2. The SMILES string of the molecule is CCOc1ccc(NC(=O)c2nn(-c3ccccc3C)c(=O)cc2OC)cc1. The molecule has 1 N–H and O–H groups in total. The van der Waals surface area contributed by atoms with Gasteiger partial charge in [0.1, 0.15) is 5.75 Å². The second kappa shape index (κ2) is 8.39. The topological polar surface area (TPSA) is 82.5 Å². The molecule has 7 nitrogen and oxygen atoms in total. The first-order valence-corrected chi connectivity index (χ1v) is 8.82. The fourth-order valence-electron chi connectivity index (χ4n) is 2.72. The lowest BCUT2D eigenvalue weighted by molar-refractivity contribution is 0.101. The quantitative estimate of drug-likeness (QED) is 0.711. The van der Waals surface area contributed by atoms with Crippen molar-refractivity contribution >= 4 is 11.6 Å². The summed E-state index contributed by atoms with van der Waals surface area (Å²) in [4.78, 5) is 25.2. The van der Waals surface area contributed by atoms with Gasteiger partial charge in [0.2, 0.25) is 0 Å². The van der Waals surface area contributed by atoms with Gasteiger partial charge in [-0.2, -0.15) is 9.78 Å². The Morgan fingerprint density at radius 1 is 1.14 bits per heavy atom. The third-order valence-electron chi connectivity index (χ3n) is 4.10. The Hall–Kier alpha value is -3.61. The number of carbonyl (C=O) groups is 1. The van der Waals surface area contributed by atoms with Gasteiger partial charge in [-0.25, -0.2) is 0 Å². The van der Waals surface area contributed by atoms with Gasteiger partial charge in [0.15, 0.2) is 11.4 Å². The number of rotatable bonds is 6. The summed E-state index contributed by atoms with van der Waals surface area (Å²) in [5.74, 6) is 0.339. The molecule has 0 radical (unpaired) electrons. The van der Waals surface area contributed by atoms with Gasteiger partial charge in [-0.3, -0.25) is 9.59 Å². The molecule has 0 spiro atoms. The minimum absolute atomic E-state index is 0.0132. The van der Waals surface area contributed by atoms with E-state index < -0.39 is 5.91 Å². The third-order valence-corrected chi connectivity index (χ3v) is 4.10. The van der Waals surface area contributed by atoms with Gasteiger partial charge in [0.25, 0.3) is 11.5 Å². The Kier molecular flexibility index (Phi) is 5.74. The molecule has 0 saturated carbocycles. The highest BCUT2D eigenvalue weighted by atomic mass is 16.5. The first kappa shape index (κ1) is 19.2. The van der Waals surface area contributed by atoms with Crippen molar-refractivity contribution in [1.29, 1.82) is 0 Å². The molecule has 2 aromatic carbocycles. The molecule has 1 aromatic heterocycles. The molecule has 0 aliphatic carbocycles. The van der Waals surface area contributed by atoms with E-state index in [0.29, 0.717) is 23.7 Å². The number of carbonyl (C=O) groups excluding carboxylic acids is 1. The number of aromatic nitrogens is 2. The normalized spacial score (nSPS) is 10.4. The van der Waals surface area contributed by atoms with Gasteiger partial charge in [-0.1, -0.05) is 18.2 Å². The number of aryl methyl sites for hydroxylation is 1. The molecule has 0 unspecified atom stereocenters. The van der Waals surface area contributed by atoms with Crippen molar-refractivity contribution in [3.05, 3.63) is 76.2 Å². The van der Waals surface area contributed by atoms with Crippen LogP contribution in [0.4, 0.5) is 5.69 Å². The van der Waals surface area contributed by atoms with E-state index in [-0.39, 0.29) is 17.0 Å². The average Bonchev–Trinajstić information content (AvgIpc) is 2.70. The van der Waals surface area contributed by atoms with E-state index in [4.69, 9.17) is 9.47 Å². The zero-order valence-corrected chi connectivity index (χ0v) is 15.9. The molecule has 1 heterocycles. The number of anilines is 1. The van der Waals surface area contributed by atoms with Crippen LogP contribution in [-0.2, 0) is 0 Å². The first-order chi connectivity index (χ1) is 13.5. The van der Waals surface area contributed by atoms with Crippen LogP contribution < -0.4 is 20.3 Å². The van der Waals surface area contributed by atoms with Crippen LogP contribution in [0, 0.1) is 6.92 Å². The minimum Gasteiger partial charge on any atom is -0.494 e. The summed E-state index contributed by atoms with van der Waals surface area (Å²) in [5.41, 5.74) is 1.67. The summed E-state index contributed by atoms with van der Waals surface area (Å²) in [6.45, 7) is 4.33. The van der Waals surface area contributed by atoms with Crippen LogP contribution in [-0.4, -0.2) is 29.4 Å². The van der Waals surface area contributed by atoms with Crippen LogP contribution in [0.3, 0.4) is 0 Å². The predicted molar refractivity (Wildman–Crippen MR) is 107 cm³/mol. The maximum absolute atomic E-state index is 12.8. The Morgan fingerprint density at radius 3 is 2.50 bits per heavy atom. The molecule has 0 bridgehead atoms. The molecule has 3 aromatic rings. The maximum Gasteiger partial charge on any atom is 0.280 e. The van der Waals surface area contributed by atoms with Crippen molar-refractivity contribution in [2.75, 3.05) is 19.0 Å². The lowest BCUT2D eigenvalue weighted by Crippen LogP contribution is -2.26. The van der Waals surface area contributed by atoms with E-state index in [9.17, 15) is 9.59 Å². The summed E-state index contributed by atoms with van der Waals surface area (Å²) in [5, 5.41) is 7.02. The number of hydrogen-bond acceptors (Lipinski definition) is 5. The van der Waals surface area contributed by atoms with Gasteiger partial charge in [-0.15, -0.1) is 0 Å². The molecule has 0 aliphatic rings. The van der Waals surface area contributed by atoms with Crippen LogP contribution >= 0.6 is 0 Å². The number of nitrogens with one attached hydrogen (secondary N) is 1. The Balaban J connectivity index is 1.95.